The molecule has 2 atom stereocenters. The largest absolute Gasteiger partial charge is 0.372 e. The van der Waals surface area contributed by atoms with Gasteiger partial charge in [-0.1, -0.05) is 24.4 Å². The van der Waals surface area contributed by atoms with Gasteiger partial charge in [0.15, 0.2) is 0 Å². The first-order chi connectivity index (χ1) is 10.5. The molecule has 1 aliphatic heterocycles. The van der Waals surface area contributed by atoms with Gasteiger partial charge >= 0.3 is 0 Å². The second-order valence-electron chi connectivity index (χ2n) is 5.74. The summed E-state index contributed by atoms with van der Waals surface area (Å²) in [6.07, 6.45) is 1.05. The first kappa shape index (κ1) is 16.9. The molecule has 0 aromatic heterocycles. The molecular weight excluding hydrogens is 298 g/mol. The topological polar surface area (TPSA) is 53.6 Å². The number of hydrogen-bond acceptors (Lipinski definition) is 4. The maximum atomic E-state index is 11.1. The van der Waals surface area contributed by atoms with Crippen molar-refractivity contribution in [2.75, 3.05) is 26.0 Å². The van der Waals surface area contributed by atoms with Gasteiger partial charge in [-0.3, -0.25) is 4.79 Å². The lowest BCUT2D eigenvalue weighted by molar-refractivity contribution is -0.114. The van der Waals surface area contributed by atoms with Crippen molar-refractivity contribution < 1.29 is 9.53 Å². The fraction of sp³-hybridized carbons (Fsp3) is 0.500. The molecule has 1 aromatic rings. The molecule has 5 nitrogen and oxygen atoms in total. The fourth-order valence-electron chi connectivity index (χ4n) is 2.49. The minimum atomic E-state index is -0.0712. The summed E-state index contributed by atoms with van der Waals surface area (Å²) in [5.41, 5.74) is 1.84. The number of rotatable bonds is 5. The van der Waals surface area contributed by atoms with E-state index < -0.39 is 0 Å². The Morgan fingerprint density at radius 3 is 2.95 bits per heavy atom. The second kappa shape index (κ2) is 7.67. The molecule has 22 heavy (non-hydrogen) atoms. The number of hydrogen-bond donors (Lipinski definition) is 2. The molecule has 120 valence electrons. The average Bonchev–Trinajstić information content (AvgIpc) is 2.92. The Hall–Kier alpha value is -1.50. The van der Waals surface area contributed by atoms with Gasteiger partial charge in [0, 0.05) is 33.3 Å². The smallest absolute Gasteiger partial charge is 0.221 e. The van der Waals surface area contributed by atoms with Crippen LogP contribution in [0.2, 0.25) is 0 Å². The summed E-state index contributed by atoms with van der Waals surface area (Å²) in [5, 5.41) is 6.17. The van der Waals surface area contributed by atoms with Crippen LogP contribution in [0, 0.1) is 0 Å². The fourth-order valence-corrected chi connectivity index (χ4v) is 2.67. The number of benzene rings is 1. The number of ether oxygens (including phenoxy) is 1. The van der Waals surface area contributed by atoms with Crippen LogP contribution in [-0.2, 0) is 16.1 Å². The summed E-state index contributed by atoms with van der Waals surface area (Å²) in [4.78, 5) is 14.0. The van der Waals surface area contributed by atoms with Gasteiger partial charge in [0.25, 0.3) is 0 Å². The first-order valence-corrected chi connectivity index (χ1v) is 7.79. The molecule has 6 heteroatoms. The van der Waals surface area contributed by atoms with Gasteiger partial charge in [-0.2, -0.15) is 0 Å². The summed E-state index contributed by atoms with van der Waals surface area (Å²) in [6, 6.07) is 7.93. The molecule has 0 saturated carbocycles. The van der Waals surface area contributed by atoms with Crippen LogP contribution in [0.3, 0.4) is 0 Å². The maximum absolute atomic E-state index is 11.1. The van der Waals surface area contributed by atoms with Crippen LogP contribution in [0.5, 0.6) is 0 Å². The van der Waals surface area contributed by atoms with Crippen molar-refractivity contribution in [3.8, 4) is 0 Å². The standard InChI is InChI=1S/C16H23N3O2S/c1-11(20)18-13-6-4-5-12(7-13)10-21-14-8-15(17-9-14)16(22)19(2)3/h4-7,14-15,17H,8-10H2,1-3H3,(H,18,20)/t14-,15+/m1/s1. The quantitative estimate of drug-likeness (QED) is 0.810. The SMILES string of the molecule is CC(=O)Nc1cccc(CO[C@H]2CN[C@H](C(=S)N(C)C)C2)c1. The normalized spacial score (nSPS) is 20.7. The molecule has 0 spiro atoms. The molecule has 0 unspecified atom stereocenters. The Kier molecular flexibility index (Phi) is 5.88. The van der Waals surface area contributed by atoms with Gasteiger partial charge in [0.2, 0.25) is 5.91 Å². The molecule has 0 aliphatic carbocycles. The van der Waals surface area contributed by atoms with Gasteiger partial charge in [-0.05, 0) is 24.1 Å². The summed E-state index contributed by atoms with van der Waals surface area (Å²) < 4.78 is 5.96. The first-order valence-electron chi connectivity index (χ1n) is 7.38. The number of carbonyl (C=O) groups excluding carboxylic acids is 1. The molecule has 2 rings (SSSR count). The zero-order valence-corrected chi connectivity index (χ0v) is 14.1. The van der Waals surface area contributed by atoms with Crippen LogP contribution in [0.4, 0.5) is 5.69 Å². The Labute approximate surface area is 137 Å². The third kappa shape index (κ3) is 4.76. The molecule has 1 aromatic carbocycles. The van der Waals surface area contributed by atoms with Crippen molar-refractivity contribution >= 4 is 28.8 Å². The lowest BCUT2D eigenvalue weighted by Gasteiger charge is -2.19. The highest BCUT2D eigenvalue weighted by Gasteiger charge is 2.28. The predicted molar refractivity (Wildman–Crippen MR) is 92.0 cm³/mol. The number of likely N-dealkylation sites (N-methyl/N-ethyl adjacent to an activating group) is 1. The van der Waals surface area contributed by atoms with E-state index in [-0.39, 0.29) is 18.1 Å². The molecule has 0 bridgehead atoms. The van der Waals surface area contributed by atoms with Gasteiger partial charge in [-0.15, -0.1) is 0 Å². The molecule has 0 radical (unpaired) electrons. The summed E-state index contributed by atoms with van der Waals surface area (Å²) in [7, 11) is 3.93. The molecule has 1 aliphatic rings. The zero-order chi connectivity index (χ0) is 16.1. The van der Waals surface area contributed by atoms with Gasteiger partial charge in [0.1, 0.15) is 0 Å². The molecule has 1 heterocycles. The highest BCUT2D eigenvalue weighted by Crippen LogP contribution is 2.17. The van der Waals surface area contributed by atoms with Crippen molar-refractivity contribution in [3.63, 3.8) is 0 Å². The van der Waals surface area contributed by atoms with E-state index in [1.165, 1.54) is 6.92 Å². The van der Waals surface area contributed by atoms with E-state index in [9.17, 15) is 4.79 Å². The summed E-state index contributed by atoms with van der Waals surface area (Å²) >= 11 is 5.39. The van der Waals surface area contributed by atoms with Crippen LogP contribution >= 0.6 is 12.2 Å². The van der Waals surface area contributed by atoms with Crippen molar-refractivity contribution in [2.45, 2.75) is 32.1 Å². The van der Waals surface area contributed by atoms with Crippen LogP contribution in [0.25, 0.3) is 0 Å². The van der Waals surface area contributed by atoms with Crippen molar-refractivity contribution in [3.05, 3.63) is 29.8 Å². The van der Waals surface area contributed by atoms with Crippen LogP contribution in [0.15, 0.2) is 24.3 Å². The van der Waals surface area contributed by atoms with E-state index in [2.05, 4.69) is 10.6 Å². The van der Waals surface area contributed by atoms with E-state index >= 15 is 0 Å². The maximum Gasteiger partial charge on any atom is 0.221 e. The van der Waals surface area contributed by atoms with Crippen LogP contribution in [0.1, 0.15) is 18.9 Å². The minimum Gasteiger partial charge on any atom is -0.372 e. The highest BCUT2D eigenvalue weighted by molar-refractivity contribution is 7.80. The Morgan fingerprint density at radius 1 is 1.50 bits per heavy atom. The third-order valence-electron chi connectivity index (χ3n) is 3.56. The van der Waals surface area contributed by atoms with Crippen molar-refractivity contribution in [1.29, 1.82) is 0 Å². The molecule has 1 amide bonds. The van der Waals surface area contributed by atoms with Gasteiger partial charge in [-0.25, -0.2) is 0 Å². The molecule has 2 N–H and O–H groups in total. The average molecular weight is 321 g/mol. The van der Waals surface area contributed by atoms with E-state index in [1.807, 2.05) is 43.3 Å². The second-order valence-corrected chi connectivity index (χ2v) is 6.16. The van der Waals surface area contributed by atoms with E-state index in [1.54, 1.807) is 0 Å². The van der Waals surface area contributed by atoms with Crippen molar-refractivity contribution in [1.82, 2.24) is 10.2 Å². The number of anilines is 1. The summed E-state index contributed by atoms with van der Waals surface area (Å²) in [6.45, 7) is 2.84. The molecule has 1 fully saturated rings. The lowest BCUT2D eigenvalue weighted by atomic mass is 10.2. The van der Waals surface area contributed by atoms with Gasteiger partial charge < -0.3 is 20.3 Å². The number of amides is 1. The van der Waals surface area contributed by atoms with E-state index in [0.29, 0.717) is 6.61 Å². The van der Waals surface area contributed by atoms with Crippen LogP contribution < -0.4 is 10.6 Å². The van der Waals surface area contributed by atoms with Crippen molar-refractivity contribution in [2.24, 2.45) is 0 Å². The number of nitrogens with one attached hydrogen (secondary N) is 2. The summed E-state index contributed by atoms with van der Waals surface area (Å²) in [5.74, 6) is -0.0712. The Morgan fingerprint density at radius 2 is 2.27 bits per heavy atom. The molecule has 1 saturated heterocycles. The third-order valence-corrected chi connectivity index (χ3v) is 4.21. The number of carbonyl (C=O) groups is 1. The van der Waals surface area contributed by atoms with Gasteiger partial charge in [0.05, 0.1) is 23.7 Å². The predicted octanol–water partition coefficient (Wildman–Crippen LogP) is 1.78. The lowest BCUT2D eigenvalue weighted by Crippen LogP contribution is -2.38. The highest BCUT2D eigenvalue weighted by atomic mass is 32.1. The number of thiocarbonyl (C=S) groups is 1. The van der Waals surface area contributed by atoms with E-state index in [4.69, 9.17) is 17.0 Å². The monoisotopic (exact) mass is 321 g/mol. The minimum absolute atomic E-state index is 0.0712. The Balaban J connectivity index is 1.84. The zero-order valence-electron chi connectivity index (χ0n) is 13.3. The Bertz CT molecular complexity index is 548. The van der Waals surface area contributed by atoms with E-state index in [0.717, 1.165) is 29.2 Å². The number of nitrogens with zero attached hydrogens (tertiary/aromatic N) is 1. The molecular formula is C16H23N3O2S. The van der Waals surface area contributed by atoms with Crippen LogP contribution in [-0.4, -0.2) is 48.6 Å².